The highest BCUT2D eigenvalue weighted by Gasteiger charge is 2.21. The van der Waals surface area contributed by atoms with Crippen LogP contribution >= 0.6 is 11.6 Å². The molecule has 0 atom stereocenters. The molecule has 3 rings (SSSR count). The molecule has 0 bridgehead atoms. The highest BCUT2D eigenvalue weighted by molar-refractivity contribution is 7.92. The number of ether oxygens (including phenoxy) is 2. The number of methoxy groups -OCH3 is 2. The smallest absolute Gasteiger partial charge is 0.265 e. The summed E-state index contributed by atoms with van der Waals surface area (Å²) in [6.45, 7) is 0. The molecule has 0 aliphatic rings. The van der Waals surface area contributed by atoms with Gasteiger partial charge in [-0.2, -0.15) is 0 Å². The Balaban J connectivity index is 1.90. The Morgan fingerprint density at radius 1 is 0.935 bits per heavy atom. The molecule has 0 radical (unpaired) electrons. The summed E-state index contributed by atoms with van der Waals surface area (Å²) >= 11 is 5.88. The first-order valence-corrected chi connectivity index (χ1v) is 10.7. The topological polar surface area (TPSA) is 114 Å². The summed E-state index contributed by atoms with van der Waals surface area (Å²) in [7, 11) is -1.21. The molecule has 0 spiro atoms. The van der Waals surface area contributed by atoms with Gasteiger partial charge in [0.15, 0.2) is 0 Å². The van der Waals surface area contributed by atoms with Crippen LogP contribution in [0.15, 0.2) is 65.6 Å². The van der Waals surface area contributed by atoms with Crippen molar-refractivity contribution in [3.8, 4) is 17.2 Å². The monoisotopic (exact) mass is 462 g/mol. The van der Waals surface area contributed by atoms with E-state index in [9.17, 15) is 18.3 Å². The Bertz CT molecular complexity index is 1210. The van der Waals surface area contributed by atoms with E-state index in [0.29, 0.717) is 11.4 Å². The quantitative estimate of drug-likeness (QED) is 0.486. The van der Waals surface area contributed by atoms with Crippen LogP contribution in [-0.4, -0.2) is 33.7 Å². The van der Waals surface area contributed by atoms with E-state index in [1.807, 2.05) is 0 Å². The molecule has 0 aliphatic carbocycles. The summed E-state index contributed by atoms with van der Waals surface area (Å²) in [5, 5.41) is 12.7. The Morgan fingerprint density at radius 2 is 1.61 bits per heavy atom. The van der Waals surface area contributed by atoms with Crippen molar-refractivity contribution < 1.29 is 27.8 Å². The van der Waals surface area contributed by atoms with Crippen LogP contribution in [-0.2, 0) is 10.0 Å². The van der Waals surface area contributed by atoms with Crippen molar-refractivity contribution in [2.75, 3.05) is 24.3 Å². The van der Waals surface area contributed by atoms with Gasteiger partial charge in [-0.15, -0.1) is 0 Å². The van der Waals surface area contributed by atoms with Gasteiger partial charge < -0.3 is 19.9 Å². The number of nitrogens with one attached hydrogen (secondary N) is 2. The molecule has 3 N–H and O–H groups in total. The van der Waals surface area contributed by atoms with E-state index in [2.05, 4.69) is 10.0 Å². The van der Waals surface area contributed by atoms with Crippen LogP contribution in [0.3, 0.4) is 0 Å². The van der Waals surface area contributed by atoms with Crippen molar-refractivity contribution in [3.05, 3.63) is 71.2 Å². The van der Waals surface area contributed by atoms with Gasteiger partial charge in [0, 0.05) is 16.4 Å². The van der Waals surface area contributed by atoms with Crippen molar-refractivity contribution in [2.24, 2.45) is 0 Å². The highest BCUT2D eigenvalue weighted by atomic mass is 35.5. The van der Waals surface area contributed by atoms with E-state index < -0.39 is 15.9 Å². The largest absolute Gasteiger partial charge is 0.507 e. The number of rotatable bonds is 7. The zero-order valence-corrected chi connectivity index (χ0v) is 18.1. The lowest BCUT2D eigenvalue weighted by Crippen LogP contribution is -2.16. The first-order chi connectivity index (χ1) is 14.7. The van der Waals surface area contributed by atoms with E-state index in [4.69, 9.17) is 21.1 Å². The number of halogens is 1. The molecule has 0 unspecified atom stereocenters. The van der Waals surface area contributed by atoms with Gasteiger partial charge >= 0.3 is 0 Å². The second-order valence-electron chi connectivity index (χ2n) is 6.32. The van der Waals surface area contributed by atoms with Crippen molar-refractivity contribution in [1.29, 1.82) is 0 Å². The third kappa shape index (κ3) is 5.19. The minimum atomic E-state index is -4.05. The molecular formula is C21H19ClN2O6S. The average molecular weight is 463 g/mol. The van der Waals surface area contributed by atoms with E-state index in [0.717, 1.165) is 0 Å². The Morgan fingerprint density at radius 3 is 2.26 bits per heavy atom. The molecule has 8 nitrogen and oxygen atoms in total. The molecule has 31 heavy (non-hydrogen) atoms. The molecule has 0 aromatic heterocycles. The van der Waals surface area contributed by atoms with Crippen molar-refractivity contribution in [2.45, 2.75) is 4.90 Å². The number of carbonyl (C=O) groups excluding carboxylic acids is 1. The zero-order chi connectivity index (χ0) is 22.6. The van der Waals surface area contributed by atoms with E-state index >= 15 is 0 Å². The molecule has 10 heteroatoms. The lowest BCUT2D eigenvalue weighted by atomic mass is 10.2. The number of hydrogen-bond donors (Lipinski definition) is 3. The third-order valence-electron chi connectivity index (χ3n) is 4.26. The maximum Gasteiger partial charge on any atom is 0.265 e. The van der Waals surface area contributed by atoms with Crippen LogP contribution in [0.25, 0.3) is 0 Å². The molecule has 162 valence electrons. The fourth-order valence-corrected chi connectivity index (χ4v) is 4.15. The van der Waals surface area contributed by atoms with Crippen LogP contribution < -0.4 is 19.5 Å². The summed E-state index contributed by atoms with van der Waals surface area (Å²) in [5.41, 5.74) is 0.450. The number of sulfonamides is 1. The maximum absolute atomic E-state index is 13.0. The predicted molar refractivity (Wildman–Crippen MR) is 118 cm³/mol. The van der Waals surface area contributed by atoms with Gasteiger partial charge in [-0.3, -0.25) is 9.52 Å². The molecule has 3 aromatic carbocycles. The van der Waals surface area contributed by atoms with Gasteiger partial charge in [0.25, 0.3) is 15.9 Å². The number of anilines is 2. The van der Waals surface area contributed by atoms with Crippen LogP contribution in [0.2, 0.25) is 5.02 Å². The van der Waals surface area contributed by atoms with Gasteiger partial charge in [0.1, 0.15) is 22.1 Å². The molecule has 0 fully saturated rings. The van der Waals surface area contributed by atoms with E-state index in [1.54, 1.807) is 24.3 Å². The van der Waals surface area contributed by atoms with Crippen LogP contribution in [0, 0.1) is 0 Å². The number of hydrogen-bond acceptors (Lipinski definition) is 6. The summed E-state index contributed by atoms with van der Waals surface area (Å²) < 4.78 is 38.6. The number of benzene rings is 3. The van der Waals surface area contributed by atoms with E-state index in [1.165, 1.54) is 50.6 Å². The van der Waals surface area contributed by atoms with Crippen molar-refractivity contribution in [3.63, 3.8) is 0 Å². The second kappa shape index (κ2) is 9.15. The third-order valence-corrected chi connectivity index (χ3v) is 5.89. The number of phenolic OH excluding ortho intramolecular Hbond substituents is 1. The van der Waals surface area contributed by atoms with Gasteiger partial charge in [-0.25, -0.2) is 8.42 Å². The lowest BCUT2D eigenvalue weighted by Gasteiger charge is -2.14. The number of phenols is 1. The standard InChI is InChI=1S/C21H19ClN2O6S/c1-29-16-7-4-14(5-8-16)24-31(27,28)20-12-15(6-10-19(20)30-2)23-21(26)17-11-13(22)3-9-18(17)25/h3-12,24-25H,1-2H3,(H,23,26). The normalized spacial score (nSPS) is 10.9. The fraction of sp³-hybridized carbons (Fsp3) is 0.0952. The first-order valence-electron chi connectivity index (χ1n) is 8.88. The summed E-state index contributed by atoms with van der Waals surface area (Å²) in [5.74, 6) is -0.250. The molecule has 3 aromatic rings. The second-order valence-corrected chi connectivity index (χ2v) is 8.40. The zero-order valence-electron chi connectivity index (χ0n) is 16.5. The minimum Gasteiger partial charge on any atom is -0.507 e. The molecule has 0 saturated heterocycles. The van der Waals surface area contributed by atoms with Gasteiger partial charge in [0.2, 0.25) is 0 Å². The lowest BCUT2D eigenvalue weighted by molar-refractivity contribution is 0.102. The molecule has 0 aliphatic heterocycles. The highest BCUT2D eigenvalue weighted by Crippen LogP contribution is 2.30. The Hall–Kier alpha value is -3.43. The maximum atomic E-state index is 13.0. The van der Waals surface area contributed by atoms with Crippen molar-refractivity contribution in [1.82, 2.24) is 0 Å². The van der Waals surface area contributed by atoms with Gasteiger partial charge in [-0.1, -0.05) is 11.6 Å². The predicted octanol–water partition coefficient (Wildman–Crippen LogP) is 4.12. The fourth-order valence-electron chi connectivity index (χ4n) is 2.72. The Kier molecular flexibility index (Phi) is 6.57. The Labute approximate surface area is 184 Å². The first kappa shape index (κ1) is 22.3. The summed E-state index contributed by atoms with van der Waals surface area (Å²) in [4.78, 5) is 12.3. The van der Waals surface area contributed by atoms with Crippen LogP contribution in [0.1, 0.15) is 10.4 Å². The van der Waals surface area contributed by atoms with Crippen LogP contribution in [0.5, 0.6) is 17.2 Å². The molecule has 1 amide bonds. The van der Waals surface area contributed by atoms with Crippen molar-refractivity contribution >= 4 is 38.9 Å². The SMILES string of the molecule is COc1ccc(NS(=O)(=O)c2cc(NC(=O)c3cc(Cl)ccc3O)ccc2OC)cc1. The number of amides is 1. The average Bonchev–Trinajstić information content (AvgIpc) is 2.75. The van der Waals surface area contributed by atoms with E-state index in [-0.39, 0.29) is 32.7 Å². The molecule has 0 saturated carbocycles. The minimum absolute atomic E-state index is 0.0518. The molecule has 0 heterocycles. The van der Waals surface area contributed by atoms with Crippen LogP contribution in [0.4, 0.5) is 11.4 Å². The van der Waals surface area contributed by atoms with Gasteiger partial charge in [0.05, 0.1) is 19.8 Å². The van der Waals surface area contributed by atoms with Gasteiger partial charge in [-0.05, 0) is 60.7 Å². The summed E-state index contributed by atoms with van der Waals surface area (Å²) in [6.07, 6.45) is 0. The summed E-state index contributed by atoms with van der Waals surface area (Å²) in [6, 6.07) is 14.5. The number of aromatic hydroxyl groups is 1. The number of carbonyl (C=O) groups is 1. The molecular weight excluding hydrogens is 444 g/mol.